The SMILES string of the molecule is CCCNc1cccc(Cn2c(=O)ccn(CC)c2=O)n1. The van der Waals surface area contributed by atoms with Gasteiger partial charge in [-0.3, -0.25) is 9.36 Å². The summed E-state index contributed by atoms with van der Waals surface area (Å²) in [6.07, 6.45) is 2.53. The van der Waals surface area contributed by atoms with Crippen LogP contribution in [0.25, 0.3) is 0 Å². The molecule has 2 aromatic heterocycles. The van der Waals surface area contributed by atoms with E-state index < -0.39 is 0 Å². The van der Waals surface area contributed by atoms with E-state index in [-0.39, 0.29) is 17.8 Å². The van der Waals surface area contributed by atoms with Crippen LogP contribution >= 0.6 is 0 Å². The van der Waals surface area contributed by atoms with Gasteiger partial charge in [0.1, 0.15) is 5.82 Å². The molecule has 0 spiro atoms. The molecule has 1 N–H and O–H groups in total. The number of hydrogen-bond donors (Lipinski definition) is 1. The minimum absolute atomic E-state index is 0.181. The van der Waals surface area contributed by atoms with Crippen LogP contribution in [0.5, 0.6) is 0 Å². The summed E-state index contributed by atoms with van der Waals surface area (Å²) in [6, 6.07) is 6.96. The molecule has 0 amide bonds. The summed E-state index contributed by atoms with van der Waals surface area (Å²) in [4.78, 5) is 28.5. The Kier molecular flexibility index (Phi) is 4.92. The molecule has 0 saturated heterocycles. The van der Waals surface area contributed by atoms with Crippen molar-refractivity contribution in [3.05, 3.63) is 57.0 Å². The molecule has 6 nitrogen and oxygen atoms in total. The predicted molar refractivity (Wildman–Crippen MR) is 82.8 cm³/mol. The predicted octanol–water partition coefficient (Wildman–Crippen LogP) is 1.30. The number of aromatic nitrogens is 3. The Morgan fingerprint density at radius 1 is 1.19 bits per heavy atom. The van der Waals surface area contributed by atoms with Gasteiger partial charge in [0.25, 0.3) is 5.56 Å². The van der Waals surface area contributed by atoms with E-state index in [1.54, 1.807) is 0 Å². The molecule has 0 aromatic carbocycles. The van der Waals surface area contributed by atoms with Crippen LogP contribution in [-0.4, -0.2) is 20.7 Å². The summed E-state index contributed by atoms with van der Waals surface area (Å²) < 4.78 is 2.70. The van der Waals surface area contributed by atoms with Gasteiger partial charge in [0.2, 0.25) is 0 Å². The van der Waals surface area contributed by atoms with E-state index in [2.05, 4.69) is 17.2 Å². The first kappa shape index (κ1) is 15.0. The first-order valence-electron chi connectivity index (χ1n) is 7.15. The lowest BCUT2D eigenvalue weighted by Gasteiger charge is -2.09. The second kappa shape index (κ2) is 6.88. The third kappa shape index (κ3) is 3.59. The van der Waals surface area contributed by atoms with Crippen LogP contribution in [0.4, 0.5) is 5.82 Å². The summed E-state index contributed by atoms with van der Waals surface area (Å²) in [6.45, 7) is 5.49. The molecule has 0 aliphatic rings. The normalized spacial score (nSPS) is 10.6. The quantitative estimate of drug-likeness (QED) is 0.870. The Bertz CT molecular complexity index is 718. The third-order valence-electron chi connectivity index (χ3n) is 3.16. The summed E-state index contributed by atoms with van der Waals surface area (Å²) in [7, 11) is 0. The topological polar surface area (TPSA) is 68.9 Å². The van der Waals surface area contributed by atoms with Crippen LogP contribution in [0, 0.1) is 0 Å². The van der Waals surface area contributed by atoms with Crippen LogP contribution in [0.1, 0.15) is 26.0 Å². The molecule has 0 aliphatic carbocycles. The van der Waals surface area contributed by atoms with Gasteiger partial charge in [-0.25, -0.2) is 9.78 Å². The molecule has 0 atom stereocenters. The molecule has 2 rings (SSSR count). The third-order valence-corrected chi connectivity index (χ3v) is 3.16. The molecule has 21 heavy (non-hydrogen) atoms. The summed E-state index contributed by atoms with van der Waals surface area (Å²) in [5, 5.41) is 3.19. The van der Waals surface area contributed by atoms with Crippen LogP contribution in [0.3, 0.4) is 0 Å². The Hall–Kier alpha value is -2.37. The zero-order valence-corrected chi connectivity index (χ0v) is 12.4. The first-order valence-corrected chi connectivity index (χ1v) is 7.15. The number of nitrogens with zero attached hydrogens (tertiary/aromatic N) is 3. The van der Waals surface area contributed by atoms with Gasteiger partial charge in [-0.1, -0.05) is 13.0 Å². The van der Waals surface area contributed by atoms with Crippen molar-refractivity contribution in [2.75, 3.05) is 11.9 Å². The fraction of sp³-hybridized carbons (Fsp3) is 0.400. The number of nitrogens with one attached hydrogen (secondary N) is 1. The zero-order valence-electron chi connectivity index (χ0n) is 12.4. The van der Waals surface area contributed by atoms with Crippen molar-refractivity contribution < 1.29 is 0 Å². The molecular weight excluding hydrogens is 268 g/mol. The van der Waals surface area contributed by atoms with E-state index in [0.717, 1.165) is 18.8 Å². The highest BCUT2D eigenvalue weighted by molar-refractivity contribution is 5.35. The van der Waals surface area contributed by atoms with Gasteiger partial charge < -0.3 is 9.88 Å². The maximum atomic E-state index is 12.2. The van der Waals surface area contributed by atoms with Gasteiger partial charge in [-0.05, 0) is 25.5 Å². The van der Waals surface area contributed by atoms with E-state index in [0.29, 0.717) is 12.2 Å². The molecule has 2 aromatic rings. The highest BCUT2D eigenvalue weighted by Crippen LogP contribution is 2.05. The van der Waals surface area contributed by atoms with Crippen molar-refractivity contribution in [3.8, 4) is 0 Å². The second-order valence-corrected chi connectivity index (χ2v) is 4.75. The van der Waals surface area contributed by atoms with E-state index in [1.807, 2.05) is 25.1 Å². The van der Waals surface area contributed by atoms with Gasteiger partial charge in [0.05, 0.1) is 12.2 Å². The van der Waals surface area contributed by atoms with E-state index in [1.165, 1.54) is 21.4 Å². The Morgan fingerprint density at radius 3 is 2.71 bits per heavy atom. The standard InChI is InChI=1S/C15H20N4O2/c1-3-9-16-13-7-5-6-12(17-13)11-19-14(20)8-10-18(4-2)15(19)21/h5-8,10H,3-4,9,11H2,1-2H3,(H,16,17). The number of anilines is 1. The van der Waals surface area contributed by atoms with Crippen LogP contribution in [0.2, 0.25) is 0 Å². The number of pyridine rings is 1. The zero-order chi connectivity index (χ0) is 15.2. The van der Waals surface area contributed by atoms with Crippen molar-refractivity contribution in [1.29, 1.82) is 0 Å². The molecule has 0 unspecified atom stereocenters. The molecule has 6 heteroatoms. The highest BCUT2D eigenvalue weighted by atomic mass is 16.2. The monoisotopic (exact) mass is 288 g/mol. The van der Waals surface area contributed by atoms with Crippen LogP contribution < -0.4 is 16.6 Å². The average Bonchev–Trinajstić information content (AvgIpc) is 2.50. The van der Waals surface area contributed by atoms with Crippen molar-refractivity contribution in [2.45, 2.75) is 33.4 Å². The van der Waals surface area contributed by atoms with Crippen LogP contribution in [-0.2, 0) is 13.1 Å². The second-order valence-electron chi connectivity index (χ2n) is 4.75. The summed E-state index contributed by atoms with van der Waals surface area (Å²) >= 11 is 0. The molecule has 0 saturated carbocycles. The van der Waals surface area contributed by atoms with Gasteiger partial charge >= 0.3 is 5.69 Å². The van der Waals surface area contributed by atoms with Crippen molar-refractivity contribution in [2.24, 2.45) is 0 Å². The first-order chi connectivity index (χ1) is 10.2. The molecule has 0 radical (unpaired) electrons. The molecule has 0 aliphatic heterocycles. The summed E-state index contributed by atoms with van der Waals surface area (Å²) in [5.74, 6) is 0.758. The van der Waals surface area contributed by atoms with Gasteiger partial charge in [-0.15, -0.1) is 0 Å². The van der Waals surface area contributed by atoms with E-state index >= 15 is 0 Å². The largest absolute Gasteiger partial charge is 0.370 e. The number of rotatable bonds is 6. The minimum Gasteiger partial charge on any atom is -0.370 e. The van der Waals surface area contributed by atoms with Gasteiger partial charge in [0, 0.05) is 25.4 Å². The van der Waals surface area contributed by atoms with Crippen molar-refractivity contribution in [3.63, 3.8) is 0 Å². The molecule has 0 fully saturated rings. The van der Waals surface area contributed by atoms with Gasteiger partial charge in [-0.2, -0.15) is 0 Å². The fourth-order valence-corrected chi connectivity index (χ4v) is 2.02. The lowest BCUT2D eigenvalue weighted by molar-refractivity contribution is 0.595. The molecule has 2 heterocycles. The molecule has 0 bridgehead atoms. The van der Waals surface area contributed by atoms with E-state index in [9.17, 15) is 9.59 Å². The van der Waals surface area contributed by atoms with Gasteiger partial charge in [0.15, 0.2) is 0 Å². The Morgan fingerprint density at radius 2 is 2.00 bits per heavy atom. The Balaban J connectivity index is 2.30. The Labute approximate surface area is 123 Å². The molecule has 112 valence electrons. The van der Waals surface area contributed by atoms with E-state index in [4.69, 9.17) is 0 Å². The summed E-state index contributed by atoms with van der Waals surface area (Å²) in [5.41, 5.74) is 0.0706. The minimum atomic E-state index is -0.307. The maximum absolute atomic E-state index is 12.2. The van der Waals surface area contributed by atoms with Crippen molar-refractivity contribution in [1.82, 2.24) is 14.1 Å². The van der Waals surface area contributed by atoms with Crippen LogP contribution in [0.15, 0.2) is 40.1 Å². The lowest BCUT2D eigenvalue weighted by atomic mass is 10.3. The highest BCUT2D eigenvalue weighted by Gasteiger charge is 2.06. The number of hydrogen-bond acceptors (Lipinski definition) is 4. The number of aryl methyl sites for hydroxylation is 1. The van der Waals surface area contributed by atoms with Crippen molar-refractivity contribution >= 4 is 5.82 Å². The smallest absolute Gasteiger partial charge is 0.331 e. The molecular formula is C15H20N4O2. The lowest BCUT2D eigenvalue weighted by Crippen LogP contribution is -2.39. The fourth-order valence-electron chi connectivity index (χ4n) is 2.02. The maximum Gasteiger partial charge on any atom is 0.331 e. The average molecular weight is 288 g/mol.